The lowest BCUT2D eigenvalue weighted by molar-refractivity contribution is 0.169. The molecule has 1 aromatic heterocycles. The maximum atomic E-state index is 5.96. The lowest BCUT2D eigenvalue weighted by Crippen LogP contribution is -2.35. The molecule has 0 unspecified atom stereocenters. The van der Waals surface area contributed by atoms with Gasteiger partial charge >= 0.3 is 0 Å². The van der Waals surface area contributed by atoms with Gasteiger partial charge in [-0.2, -0.15) is 0 Å². The van der Waals surface area contributed by atoms with E-state index in [1.54, 1.807) is 6.20 Å². The van der Waals surface area contributed by atoms with Crippen LogP contribution in [0.2, 0.25) is 0 Å². The minimum absolute atomic E-state index is 0.684. The molecule has 0 atom stereocenters. The topological polar surface area (TPSA) is 42.2 Å². The van der Waals surface area contributed by atoms with Crippen molar-refractivity contribution in [3.63, 3.8) is 0 Å². The standard InChI is InChI=1S/C15H25N3/c1-12(2)10-18(14-7-3-4-8-14)11-13-6-5-9-17-15(13)16/h5-6,9,12,14H,3-4,7-8,10-11H2,1-2H3,(H2,16,17). The second kappa shape index (κ2) is 6.19. The highest BCUT2D eigenvalue weighted by Gasteiger charge is 2.23. The first kappa shape index (κ1) is 13.3. The molecule has 0 spiro atoms. The predicted octanol–water partition coefficient (Wildman–Crippen LogP) is 3.06. The van der Waals surface area contributed by atoms with Crippen LogP contribution in [-0.4, -0.2) is 22.5 Å². The first-order valence-electron chi connectivity index (χ1n) is 7.10. The fraction of sp³-hybridized carbons (Fsp3) is 0.667. The summed E-state index contributed by atoms with van der Waals surface area (Å²) in [6, 6.07) is 4.82. The van der Waals surface area contributed by atoms with Crippen molar-refractivity contribution < 1.29 is 0 Å². The number of nitrogen functional groups attached to an aromatic ring is 1. The molecule has 0 saturated heterocycles. The molecule has 3 nitrogen and oxygen atoms in total. The fourth-order valence-corrected chi connectivity index (χ4v) is 2.88. The minimum Gasteiger partial charge on any atom is -0.383 e. The van der Waals surface area contributed by atoms with Gasteiger partial charge in [0.1, 0.15) is 5.82 Å². The van der Waals surface area contributed by atoms with Crippen LogP contribution in [0.3, 0.4) is 0 Å². The molecule has 1 heterocycles. The van der Waals surface area contributed by atoms with E-state index < -0.39 is 0 Å². The molecule has 1 saturated carbocycles. The molecule has 3 heteroatoms. The molecular weight excluding hydrogens is 222 g/mol. The van der Waals surface area contributed by atoms with Gasteiger partial charge < -0.3 is 5.73 Å². The summed E-state index contributed by atoms with van der Waals surface area (Å²) in [5.74, 6) is 1.38. The Labute approximate surface area is 110 Å². The zero-order chi connectivity index (χ0) is 13.0. The van der Waals surface area contributed by atoms with Crippen LogP contribution < -0.4 is 5.73 Å². The van der Waals surface area contributed by atoms with Gasteiger partial charge in [-0.1, -0.05) is 32.8 Å². The van der Waals surface area contributed by atoms with Crippen LogP contribution in [0.4, 0.5) is 5.82 Å². The molecule has 0 aromatic carbocycles. The summed E-state index contributed by atoms with van der Waals surface area (Å²) in [7, 11) is 0. The van der Waals surface area contributed by atoms with E-state index >= 15 is 0 Å². The highest BCUT2D eigenvalue weighted by atomic mass is 15.2. The summed E-state index contributed by atoms with van der Waals surface area (Å²) in [5.41, 5.74) is 7.13. The quantitative estimate of drug-likeness (QED) is 0.869. The van der Waals surface area contributed by atoms with Crippen molar-refractivity contribution in [1.82, 2.24) is 9.88 Å². The molecular formula is C15H25N3. The molecule has 0 aliphatic heterocycles. The highest BCUT2D eigenvalue weighted by molar-refractivity contribution is 5.38. The first-order chi connectivity index (χ1) is 8.66. The van der Waals surface area contributed by atoms with Gasteiger partial charge in [0.25, 0.3) is 0 Å². The summed E-state index contributed by atoms with van der Waals surface area (Å²) >= 11 is 0. The number of hydrogen-bond acceptors (Lipinski definition) is 3. The molecule has 0 bridgehead atoms. The lowest BCUT2D eigenvalue weighted by Gasteiger charge is -2.30. The van der Waals surface area contributed by atoms with E-state index in [2.05, 4.69) is 29.8 Å². The van der Waals surface area contributed by atoms with Crippen LogP contribution in [-0.2, 0) is 6.54 Å². The minimum atomic E-state index is 0.684. The van der Waals surface area contributed by atoms with Gasteiger partial charge in [0.15, 0.2) is 0 Å². The van der Waals surface area contributed by atoms with E-state index in [4.69, 9.17) is 5.73 Å². The monoisotopic (exact) mass is 247 g/mol. The second-order valence-electron chi connectivity index (χ2n) is 5.81. The fourth-order valence-electron chi connectivity index (χ4n) is 2.88. The van der Waals surface area contributed by atoms with E-state index in [0.29, 0.717) is 11.7 Å². The van der Waals surface area contributed by atoms with Gasteiger partial charge in [-0.3, -0.25) is 4.90 Å². The van der Waals surface area contributed by atoms with Crippen molar-refractivity contribution in [3.8, 4) is 0 Å². The van der Waals surface area contributed by atoms with Crippen molar-refractivity contribution in [2.45, 2.75) is 52.1 Å². The van der Waals surface area contributed by atoms with E-state index in [9.17, 15) is 0 Å². The van der Waals surface area contributed by atoms with Gasteiger partial charge in [0, 0.05) is 30.9 Å². The summed E-state index contributed by atoms with van der Waals surface area (Å²) in [5, 5.41) is 0. The van der Waals surface area contributed by atoms with E-state index in [-0.39, 0.29) is 0 Å². The maximum absolute atomic E-state index is 5.96. The Hall–Kier alpha value is -1.09. The first-order valence-corrected chi connectivity index (χ1v) is 7.10. The molecule has 1 aromatic rings. The molecule has 18 heavy (non-hydrogen) atoms. The van der Waals surface area contributed by atoms with E-state index in [1.165, 1.54) is 31.2 Å². The van der Waals surface area contributed by atoms with Crippen LogP contribution in [0, 0.1) is 5.92 Å². The smallest absolute Gasteiger partial charge is 0.127 e. The van der Waals surface area contributed by atoms with Crippen molar-refractivity contribution in [2.24, 2.45) is 5.92 Å². The number of nitrogens with two attached hydrogens (primary N) is 1. The summed E-state index contributed by atoms with van der Waals surface area (Å²) in [6.45, 7) is 6.67. The van der Waals surface area contributed by atoms with Gasteiger partial charge in [0.2, 0.25) is 0 Å². The Bertz CT molecular complexity index is 370. The van der Waals surface area contributed by atoms with Crippen LogP contribution in [0.5, 0.6) is 0 Å². The van der Waals surface area contributed by atoms with Crippen LogP contribution >= 0.6 is 0 Å². The van der Waals surface area contributed by atoms with Gasteiger partial charge in [-0.05, 0) is 24.8 Å². The predicted molar refractivity (Wildman–Crippen MR) is 76.2 cm³/mol. The third-order valence-electron chi connectivity index (χ3n) is 3.74. The zero-order valence-corrected chi connectivity index (χ0v) is 11.6. The average molecular weight is 247 g/mol. The third-order valence-corrected chi connectivity index (χ3v) is 3.74. The normalized spacial score (nSPS) is 16.9. The van der Waals surface area contributed by atoms with E-state index in [1.807, 2.05) is 6.07 Å². The number of pyridine rings is 1. The largest absolute Gasteiger partial charge is 0.383 e. The number of rotatable bonds is 5. The van der Waals surface area contributed by atoms with Gasteiger partial charge in [-0.15, -0.1) is 0 Å². The van der Waals surface area contributed by atoms with Gasteiger partial charge in [-0.25, -0.2) is 4.98 Å². The van der Waals surface area contributed by atoms with Crippen molar-refractivity contribution >= 4 is 5.82 Å². The average Bonchev–Trinajstić information content (AvgIpc) is 2.84. The molecule has 2 rings (SSSR count). The number of anilines is 1. The number of nitrogens with zero attached hydrogens (tertiary/aromatic N) is 2. The Kier molecular flexibility index (Phi) is 4.59. The summed E-state index contributed by atoms with van der Waals surface area (Å²) in [4.78, 5) is 6.79. The Morgan fingerprint density at radius 3 is 2.72 bits per heavy atom. The molecule has 1 aliphatic rings. The third kappa shape index (κ3) is 3.45. The summed E-state index contributed by atoms with van der Waals surface area (Å²) in [6.07, 6.45) is 7.20. The van der Waals surface area contributed by atoms with Crippen molar-refractivity contribution in [3.05, 3.63) is 23.9 Å². The van der Waals surface area contributed by atoms with Gasteiger partial charge in [0.05, 0.1) is 0 Å². The van der Waals surface area contributed by atoms with Crippen LogP contribution in [0.15, 0.2) is 18.3 Å². The SMILES string of the molecule is CC(C)CN(Cc1cccnc1N)C1CCCC1. The second-order valence-corrected chi connectivity index (χ2v) is 5.81. The Morgan fingerprint density at radius 2 is 2.11 bits per heavy atom. The number of aromatic nitrogens is 1. The molecule has 2 N–H and O–H groups in total. The molecule has 100 valence electrons. The highest BCUT2D eigenvalue weighted by Crippen LogP contribution is 2.26. The van der Waals surface area contributed by atoms with Crippen LogP contribution in [0.25, 0.3) is 0 Å². The maximum Gasteiger partial charge on any atom is 0.127 e. The van der Waals surface area contributed by atoms with Crippen LogP contribution in [0.1, 0.15) is 45.1 Å². The Morgan fingerprint density at radius 1 is 1.39 bits per heavy atom. The van der Waals surface area contributed by atoms with E-state index in [0.717, 1.165) is 19.1 Å². The van der Waals surface area contributed by atoms with Crippen molar-refractivity contribution in [1.29, 1.82) is 0 Å². The summed E-state index contributed by atoms with van der Waals surface area (Å²) < 4.78 is 0. The molecule has 1 fully saturated rings. The molecule has 0 radical (unpaired) electrons. The molecule has 0 amide bonds. The Balaban J connectivity index is 2.06. The van der Waals surface area contributed by atoms with Crippen molar-refractivity contribution in [2.75, 3.05) is 12.3 Å². The lowest BCUT2D eigenvalue weighted by atomic mass is 10.1. The zero-order valence-electron chi connectivity index (χ0n) is 11.6. The molecule has 1 aliphatic carbocycles. The number of hydrogen-bond donors (Lipinski definition) is 1.